The molecule has 0 unspecified atom stereocenters. The summed E-state index contributed by atoms with van der Waals surface area (Å²) in [6.45, 7) is 0. The molecule has 2 aromatic rings. The van der Waals surface area contributed by atoms with Crippen LogP contribution in [0.2, 0.25) is 0 Å². The van der Waals surface area contributed by atoms with Gasteiger partial charge in [0.05, 0.1) is 19.3 Å². The number of aliphatic hydroxyl groups is 1. The molecule has 3 heterocycles. The summed E-state index contributed by atoms with van der Waals surface area (Å²) in [4.78, 5) is 24.7. The number of hydrogen-bond donors (Lipinski definition) is 1. The van der Waals surface area contributed by atoms with E-state index in [0.29, 0.717) is 17.9 Å². The quantitative estimate of drug-likeness (QED) is 0.857. The van der Waals surface area contributed by atoms with Crippen LogP contribution in [0.5, 0.6) is 5.75 Å². The monoisotopic (exact) mass is 384 g/mol. The van der Waals surface area contributed by atoms with Gasteiger partial charge in [-0.2, -0.15) is 0 Å². The van der Waals surface area contributed by atoms with Gasteiger partial charge in [0.15, 0.2) is 17.2 Å². The molecule has 146 valence electrons. The van der Waals surface area contributed by atoms with Crippen LogP contribution in [0.15, 0.2) is 51.7 Å². The molecule has 0 radical (unpaired) electrons. The SMILES string of the molecule is COc1cc(C[C@]23C[C@@H]4CC(=O)[C@@]2(O)C[C@@](c2ccccc2)(O4)O3)oc(=O)c1. The van der Waals surface area contributed by atoms with Crippen LogP contribution >= 0.6 is 0 Å². The first kappa shape index (κ1) is 17.6. The number of rotatable bonds is 4. The summed E-state index contributed by atoms with van der Waals surface area (Å²) in [7, 11) is 1.46. The zero-order chi connectivity index (χ0) is 19.6. The summed E-state index contributed by atoms with van der Waals surface area (Å²) in [6.07, 6.45) is 0.175. The van der Waals surface area contributed by atoms with Crippen molar-refractivity contribution in [1.82, 2.24) is 0 Å². The molecule has 4 atom stereocenters. The van der Waals surface area contributed by atoms with Crippen LogP contribution in [0.3, 0.4) is 0 Å². The summed E-state index contributed by atoms with van der Waals surface area (Å²) >= 11 is 0. The van der Waals surface area contributed by atoms with Crippen LogP contribution < -0.4 is 10.4 Å². The van der Waals surface area contributed by atoms with Crippen LogP contribution in [-0.2, 0) is 26.5 Å². The van der Waals surface area contributed by atoms with Crippen molar-refractivity contribution in [3.8, 4) is 5.75 Å². The van der Waals surface area contributed by atoms with Gasteiger partial charge in [0.1, 0.15) is 17.1 Å². The Morgan fingerprint density at radius 3 is 2.75 bits per heavy atom. The Labute approximate surface area is 160 Å². The molecule has 1 aromatic heterocycles. The lowest BCUT2D eigenvalue weighted by Crippen LogP contribution is -2.64. The molecule has 3 aliphatic rings. The second-order valence-electron chi connectivity index (χ2n) is 7.78. The van der Waals surface area contributed by atoms with E-state index < -0.39 is 22.6 Å². The van der Waals surface area contributed by atoms with Crippen molar-refractivity contribution < 1.29 is 28.5 Å². The average molecular weight is 384 g/mol. The van der Waals surface area contributed by atoms with Gasteiger partial charge in [-0.15, -0.1) is 0 Å². The first-order valence-corrected chi connectivity index (χ1v) is 9.25. The number of ether oxygens (including phenoxy) is 3. The lowest BCUT2D eigenvalue weighted by Gasteiger charge is -2.49. The van der Waals surface area contributed by atoms with Crippen molar-refractivity contribution in [2.24, 2.45) is 0 Å². The van der Waals surface area contributed by atoms with E-state index in [1.807, 2.05) is 30.3 Å². The highest BCUT2D eigenvalue weighted by Gasteiger charge is 2.75. The minimum absolute atomic E-state index is 0.00749. The zero-order valence-corrected chi connectivity index (χ0v) is 15.3. The van der Waals surface area contributed by atoms with Crippen molar-refractivity contribution >= 4 is 5.78 Å². The molecule has 0 spiro atoms. The third-order valence-electron chi connectivity index (χ3n) is 6.10. The summed E-state index contributed by atoms with van der Waals surface area (Å²) in [5.41, 5.74) is -2.77. The average Bonchev–Trinajstić information content (AvgIpc) is 2.80. The van der Waals surface area contributed by atoms with Crippen LogP contribution in [0.1, 0.15) is 30.6 Å². The van der Waals surface area contributed by atoms with Gasteiger partial charge in [-0.1, -0.05) is 30.3 Å². The van der Waals surface area contributed by atoms with Crippen molar-refractivity contribution in [1.29, 1.82) is 0 Å². The predicted molar refractivity (Wildman–Crippen MR) is 95.9 cm³/mol. The number of carbonyl (C=O) groups excluding carboxylic acids is 1. The Balaban J connectivity index is 1.62. The van der Waals surface area contributed by atoms with E-state index in [1.165, 1.54) is 13.2 Å². The molecule has 5 rings (SSSR count). The third-order valence-corrected chi connectivity index (χ3v) is 6.10. The van der Waals surface area contributed by atoms with Crippen LogP contribution in [-0.4, -0.2) is 35.3 Å². The summed E-state index contributed by atoms with van der Waals surface area (Å²) in [6, 6.07) is 12.1. The van der Waals surface area contributed by atoms with Crippen LogP contribution in [0.4, 0.5) is 0 Å². The van der Waals surface area contributed by atoms with Gasteiger partial charge in [0, 0.05) is 37.3 Å². The molecule has 7 nitrogen and oxygen atoms in total. The highest BCUT2D eigenvalue weighted by molar-refractivity contribution is 5.91. The smallest absolute Gasteiger partial charge is 0.339 e. The van der Waals surface area contributed by atoms with E-state index >= 15 is 0 Å². The number of benzene rings is 1. The van der Waals surface area contributed by atoms with E-state index in [0.717, 1.165) is 5.56 Å². The summed E-state index contributed by atoms with van der Waals surface area (Å²) in [5, 5.41) is 11.5. The summed E-state index contributed by atoms with van der Waals surface area (Å²) in [5.74, 6) is -0.860. The number of ketones is 1. The van der Waals surface area contributed by atoms with Gasteiger partial charge in [-0.05, 0) is 0 Å². The third kappa shape index (κ3) is 2.33. The minimum atomic E-state index is -1.72. The van der Waals surface area contributed by atoms with E-state index in [9.17, 15) is 14.7 Å². The molecule has 3 bridgehead atoms. The molecule has 1 N–H and O–H groups in total. The minimum Gasteiger partial charge on any atom is -0.496 e. The topological polar surface area (TPSA) is 95.2 Å². The van der Waals surface area contributed by atoms with Crippen LogP contribution in [0.25, 0.3) is 0 Å². The zero-order valence-electron chi connectivity index (χ0n) is 15.3. The lowest BCUT2D eigenvalue weighted by molar-refractivity contribution is -0.334. The Morgan fingerprint density at radius 1 is 1.21 bits per heavy atom. The molecule has 1 aromatic carbocycles. The first-order chi connectivity index (χ1) is 13.4. The molecule has 0 amide bonds. The van der Waals surface area contributed by atoms with Gasteiger partial charge in [0.2, 0.25) is 0 Å². The normalized spacial score (nSPS) is 35.9. The highest BCUT2D eigenvalue weighted by atomic mass is 16.7. The highest BCUT2D eigenvalue weighted by Crippen LogP contribution is 2.61. The van der Waals surface area contributed by atoms with E-state index in [4.69, 9.17) is 18.6 Å². The Kier molecular flexibility index (Phi) is 3.62. The molecule has 1 saturated carbocycles. The standard InChI is InChI=1S/C21H20O7/c1-25-14-7-15(26-18(23)9-14)10-19-11-16-8-17(22)20(19,24)12-21(27-16,28-19)13-5-3-2-4-6-13/h2-7,9,16,24H,8,10-12H2,1H3/t16-,19-,20-,21+/m0/s1. The van der Waals surface area contributed by atoms with Crippen molar-refractivity contribution in [2.45, 2.75) is 48.8 Å². The lowest BCUT2D eigenvalue weighted by atomic mass is 9.68. The van der Waals surface area contributed by atoms with Gasteiger partial charge < -0.3 is 23.7 Å². The van der Waals surface area contributed by atoms with Gasteiger partial charge in [0.25, 0.3) is 0 Å². The number of fused-ring (bicyclic) bond motifs is 2. The second-order valence-corrected chi connectivity index (χ2v) is 7.78. The number of carbonyl (C=O) groups is 1. The molecule has 2 saturated heterocycles. The maximum absolute atomic E-state index is 12.9. The Bertz CT molecular complexity index is 999. The van der Waals surface area contributed by atoms with E-state index in [2.05, 4.69) is 0 Å². The fourth-order valence-electron chi connectivity index (χ4n) is 4.90. The van der Waals surface area contributed by atoms with Crippen molar-refractivity contribution in [2.75, 3.05) is 7.11 Å². The fourth-order valence-corrected chi connectivity index (χ4v) is 4.90. The Morgan fingerprint density at radius 2 is 2.00 bits per heavy atom. The predicted octanol–water partition coefficient (Wildman–Crippen LogP) is 1.70. The molecule has 3 fully saturated rings. The fraction of sp³-hybridized carbons (Fsp3) is 0.429. The van der Waals surface area contributed by atoms with Gasteiger partial charge in [-0.3, -0.25) is 4.79 Å². The largest absolute Gasteiger partial charge is 0.496 e. The molecule has 1 aliphatic carbocycles. The van der Waals surface area contributed by atoms with E-state index in [1.54, 1.807) is 6.07 Å². The summed E-state index contributed by atoms with van der Waals surface area (Å²) < 4.78 is 23.0. The molecule has 7 heteroatoms. The van der Waals surface area contributed by atoms with Crippen molar-refractivity contribution in [3.05, 3.63) is 64.2 Å². The molecule has 28 heavy (non-hydrogen) atoms. The van der Waals surface area contributed by atoms with Crippen LogP contribution in [0, 0.1) is 0 Å². The number of Topliss-reactive ketones (excluding diaryl/α,β-unsaturated/α-hetero) is 1. The van der Waals surface area contributed by atoms with Gasteiger partial charge in [-0.25, -0.2) is 4.79 Å². The molecule has 2 aliphatic heterocycles. The first-order valence-electron chi connectivity index (χ1n) is 9.25. The number of hydrogen-bond acceptors (Lipinski definition) is 7. The second kappa shape index (κ2) is 5.76. The van der Waals surface area contributed by atoms with E-state index in [-0.39, 0.29) is 31.1 Å². The Hall–Kier alpha value is -2.48. The molecular weight excluding hydrogens is 364 g/mol. The number of methoxy groups -OCH3 is 1. The van der Waals surface area contributed by atoms with Crippen molar-refractivity contribution in [3.63, 3.8) is 0 Å². The molecular formula is C21H20O7. The maximum atomic E-state index is 12.9. The van der Waals surface area contributed by atoms with Gasteiger partial charge >= 0.3 is 5.63 Å². The maximum Gasteiger partial charge on any atom is 0.339 e.